The van der Waals surface area contributed by atoms with Crippen molar-refractivity contribution in [1.29, 1.82) is 0 Å². The first-order valence-electron chi connectivity index (χ1n) is 9.67. The maximum absolute atomic E-state index is 13.0. The SMILES string of the molecule is O=C1Nc2ccccc2C(c2ccccc2)=NC1NC(=S)NNCc1ccc(F)cc1. The van der Waals surface area contributed by atoms with Crippen LogP contribution in [0.1, 0.15) is 16.7 Å². The van der Waals surface area contributed by atoms with Crippen molar-refractivity contribution >= 4 is 34.6 Å². The summed E-state index contributed by atoms with van der Waals surface area (Å²) in [5.41, 5.74) is 9.76. The molecule has 31 heavy (non-hydrogen) atoms. The zero-order valence-corrected chi connectivity index (χ0v) is 17.2. The zero-order chi connectivity index (χ0) is 21.6. The number of para-hydroxylation sites is 1. The number of hydrazine groups is 1. The molecule has 8 heteroatoms. The van der Waals surface area contributed by atoms with Gasteiger partial charge in [-0.1, -0.05) is 60.7 Å². The minimum atomic E-state index is -0.921. The monoisotopic (exact) mass is 433 g/mol. The lowest BCUT2D eigenvalue weighted by atomic mass is 10.0. The van der Waals surface area contributed by atoms with E-state index >= 15 is 0 Å². The molecule has 1 heterocycles. The van der Waals surface area contributed by atoms with Gasteiger partial charge in [0.2, 0.25) is 6.17 Å². The number of nitrogens with zero attached hydrogens (tertiary/aromatic N) is 1. The van der Waals surface area contributed by atoms with E-state index in [1.165, 1.54) is 12.1 Å². The largest absolute Gasteiger partial charge is 0.332 e. The van der Waals surface area contributed by atoms with Gasteiger partial charge in [-0.15, -0.1) is 0 Å². The summed E-state index contributed by atoms with van der Waals surface area (Å²) in [6.45, 7) is 0.420. The molecule has 0 radical (unpaired) electrons. The van der Waals surface area contributed by atoms with Crippen molar-refractivity contribution in [3.63, 3.8) is 0 Å². The van der Waals surface area contributed by atoms with Crippen molar-refractivity contribution in [1.82, 2.24) is 16.2 Å². The summed E-state index contributed by atoms with van der Waals surface area (Å²) in [6.07, 6.45) is -0.921. The molecule has 0 aromatic heterocycles. The molecule has 1 amide bonds. The third-order valence-corrected chi connectivity index (χ3v) is 4.89. The molecule has 3 aromatic rings. The van der Waals surface area contributed by atoms with Crippen molar-refractivity contribution in [3.05, 3.63) is 101 Å². The molecule has 0 saturated carbocycles. The van der Waals surface area contributed by atoms with Crippen LogP contribution >= 0.6 is 12.2 Å². The number of halogens is 1. The van der Waals surface area contributed by atoms with E-state index in [0.717, 1.165) is 16.7 Å². The van der Waals surface area contributed by atoms with E-state index in [-0.39, 0.29) is 16.8 Å². The molecule has 156 valence electrons. The molecule has 1 aliphatic rings. The average Bonchev–Trinajstić information content (AvgIpc) is 2.92. The molecular weight excluding hydrogens is 413 g/mol. The summed E-state index contributed by atoms with van der Waals surface area (Å²) in [5.74, 6) is -0.609. The van der Waals surface area contributed by atoms with Gasteiger partial charge in [0.15, 0.2) is 5.11 Å². The van der Waals surface area contributed by atoms with Gasteiger partial charge in [0, 0.05) is 17.7 Å². The predicted molar refractivity (Wildman–Crippen MR) is 123 cm³/mol. The third kappa shape index (κ3) is 5.11. The Hall–Kier alpha value is -3.62. The van der Waals surface area contributed by atoms with Crippen LogP contribution < -0.4 is 21.5 Å². The normalized spacial score (nSPS) is 15.2. The molecule has 0 fully saturated rings. The number of carbonyl (C=O) groups is 1. The second-order valence-electron chi connectivity index (χ2n) is 6.86. The van der Waals surface area contributed by atoms with Crippen LogP contribution in [0.25, 0.3) is 0 Å². The topological polar surface area (TPSA) is 77.5 Å². The van der Waals surface area contributed by atoms with Crippen LogP contribution in [0.15, 0.2) is 83.9 Å². The van der Waals surface area contributed by atoms with Crippen molar-refractivity contribution in [2.75, 3.05) is 5.32 Å². The summed E-state index contributed by atoms with van der Waals surface area (Å²) < 4.78 is 13.0. The van der Waals surface area contributed by atoms with Gasteiger partial charge < -0.3 is 10.6 Å². The summed E-state index contributed by atoms with van der Waals surface area (Å²) >= 11 is 5.32. The lowest BCUT2D eigenvalue weighted by Crippen LogP contribution is -2.50. The first-order valence-corrected chi connectivity index (χ1v) is 10.1. The van der Waals surface area contributed by atoms with Crippen LogP contribution in [-0.2, 0) is 11.3 Å². The number of fused-ring (bicyclic) bond motifs is 1. The molecule has 3 aromatic carbocycles. The molecule has 1 unspecified atom stereocenters. The number of amides is 1. The third-order valence-electron chi connectivity index (χ3n) is 4.67. The molecule has 1 atom stereocenters. The van der Waals surface area contributed by atoms with E-state index in [2.05, 4.69) is 26.5 Å². The van der Waals surface area contributed by atoms with Crippen molar-refractivity contribution in [2.24, 2.45) is 4.99 Å². The molecule has 1 aliphatic heterocycles. The molecule has 0 spiro atoms. The first kappa shape index (κ1) is 20.6. The fourth-order valence-corrected chi connectivity index (χ4v) is 3.35. The second kappa shape index (κ2) is 9.46. The Balaban J connectivity index is 1.49. The minimum absolute atomic E-state index is 0.212. The number of hydrogen-bond donors (Lipinski definition) is 4. The number of thiocarbonyl (C=S) groups is 1. The van der Waals surface area contributed by atoms with E-state index in [0.29, 0.717) is 17.9 Å². The van der Waals surface area contributed by atoms with Gasteiger partial charge in [0.05, 0.1) is 11.4 Å². The van der Waals surface area contributed by atoms with Gasteiger partial charge in [-0.05, 0) is 36.0 Å². The number of nitrogens with one attached hydrogen (secondary N) is 4. The molecule has 0 saturated heterocycles. The van der Waals surface area contributed by atoms with E-state index in [9.17, 15) is 9.18 Å². The fourth-order valence-electron chi connectivity index (χ4n) is 3.17. The number of benzene rings is 3. The van der Waals surface area contributed by atoms with Gasteiger partial charge in [-0.2, -0.15) is 0 Å². The van der Waals surface area contributed by atoms with Crippen LogP contribution in [0.2, 0.25) is 0 Å². The second-order valence-corrected chi connectivity index (χ2v) is 7.27. The Morgan fingerprint density at radius 2 is 1.71 bits per heavy atom. The van der Waals surface area contributed by atoms with E-state index in [1.807, 2.05) is 54.6 Å². The number of benzodiazepines with no additional fused rings is 1. The highest BCUT2D eigenvalue weighted by molar-refractivity contribution is 7.80. The number of anilines is 1. The zero-order valence-electron chi connectivity index (χ0n) is 16.4. The van der Waals surface area contributed by atoms with Gasteiger partial charge >= 0.3 is 0 Å². The Labute approximate surface area is 184 Å². The van der Waals surface area contributed by atoms with Gasteiger partial charge in [-0.25, -0.2) is 14.8 Å². The van der Waals surface area contributed by atoms with E-state index in [4.69, 9.17) is 12.2 Å². The van der Waals surface area contributed by atoms with Crippen LogP contribution in [0.4, 0.5) is 10.1 Å². The quantitative estimate of drug-likeness (QED) is 0.367. The Bertz CT molecular complexity index is 1120. The lowest BCUT2D eigenvalue weighted by molar-refractivity contribution is -0.117. The number of hydrogen-bond acceptors (Lipinski definition) is 4. The maximum atomic E-state index is 13.0. The molecule has 4 rings (SSSR count). The number of carbonyl (C=O) groups excluding carboxylic acids is 1. The van der Waals surface area contributed by atoms with Crippen LogP contribution in [-0.4, -0.2) is 22.9 Å². The summed E-state index contributed by atoms with van der Waals surface area (Å²) in [7, 11) is 0. The van der Waals surface area contributed by atoms with Gasteiger partial charge in [0.1, 0.15) is 5.82 Å². The number of aliphatic imine (C=N–C) groups is 1. The lowest BCUT2D eigenvalue weighted by Gasteiger charge is -2.16. The molecule has 0 aliphatic carbocycles. The van der Waals surface area contributed by atoms with Crippen LogP contribution in [0.5, 0.6) is 0 Å². The van der Waals surface area contributed by atoms with Crippen molar-refractivity contribution < 1.29 is 9.18 Å². The van der Waals surface area contributed by atoms with Crippen LogP contribution in [0.3, 0.4) is 0 Å². The van der Waals surface area contributed by atoms with Gasteiger partial charge in [-0.3, -0.25) is 10.2 Å². The Kier molecular flexibility index (Phi) is 6.30. The highest BCUT2D eigenvalue weighted by Crippen LogP contribution is 2.23. The average molecular weight is 434 g/mol. The Morgan fingerprint density at radius 3 is 2.48 bits per heavy atom. The first-order chi connectivity index (χ1) is 15.1. The number of rotatable bonds is 5. The molecule has 4 N–H and O–H groups in total. The van der Waals surface area contributed by atoms with Crippen molar-refractivity contribution in [2.45, 2.75) is 12.7 Å². The highest BCUT2D eigenvalue weighted by atomic mass is 32.1. The fraction of sp³-hybridized carbons (Fsp3) is 0.0870. The highest BCUT2D eigenvalue weighted by Gasteiger charge is 2.26. The molecular formula is C23H20FN5OS. The maximum Gasteiger partial charge on any atom is 0.269 e. The smallest absolute Gasteiger partial charge is 0.269 e. The Morgan fingerprint density at radius 1 is 1.00 bits per heavy atom. The van der Waals surface area contributed by atoms with Crippen LogP contribution in [0, 0.1) is 5.82 Å². The van der Waals surface area contributed by atoms with Gasteiger partial charge in [0.25, 0.3) is 5.91 Å². The summed E-state index contributed by atoms with van der Waals surface area (Å²) in [5, 5.41) is 6.05. The molecule has 6 nitrogen and oxygen atoms in total. The standard InChI is InChI=1S/C23H20FN5OS/c24-17-12-10-15(11-13-17)14-25-29-23(31)28-21-22(30)26-19-9-5-4-8-18(19)20(27-21)16-6-2-1-3-7-16/h1-13,21,25H,14H2,(H,26,30)(H2,28,29,31). The predicted octanol–water partition coefficient (Wildman–Crippen LogP) is 3.11. The van der Waals surface area contributed by atoms with Crippen molar-refractivity contribution in [3.8, 4) is 0 Å². The minimum Gasteiger partial charge on any atom is -0.332 e. The van der Waals surface area contributed by atoms with E-state index in [1.54, 1.807) is 12.1 Å². The summed E-state index contributed by atoms with van der Waals surface area (Å²) in [6, 6.07) is 23.3. The van der Waals surface area contributed by atoms with E-state index < -0.39 is 6.17 Å². The molecule has 0 bridgehead atoms. The summed E-state index contributed by atoms with van der Waals surface area (Å²) in [4.78, 5) is 17.5.